The van der Waals surface area contributed by atoms with Crippen molar-refractivity contribution in [3.63, 3.8) is 0 Å². The number of Topliss-reactive ketones (excluding diaryl/α,β-unsaturated/α-hetero) is 1. The van der Waals surface area contributed by atoms with Crippen molar-refractivity contribution in [2.75, 3.05) is 18.8 Å². The van der Waals surface area contributed by atoms with Gasteiger partial charge in [0.2, 0.25) is 17.6 Å². The van der Waals surface area contributed by atoms with Gasteiger partial charge in [-0.15, -0.1) is 18.9 Å². The minimum atomic E-state index is -3.58. The number of amides is 5. The van der Waals surface area contributed by atoms with Crippen molar-refractivity contribution in [3.05, 3.63) is 12.7 Å². The van der Waals surface area contributed by atoms with Crippen molar-refractivity contribution in [2.24, 2.45) is 35.0 Å². The molecular formula is C41H63N5O7S. The molecule has 0 aromatic rings. The first-order valence-electron chi connectivity index (χ1n) is 20.1. The van der Waals surface area contributed by atoms with E-state index in [1.807, 2.05) is 0 Å². The van der Waals surface area contributed by atoms with Crippen LogP contribution in [0.25, 0.3) is 0 Å². The molecule has 13 heteroatoms. The molecule has 5 fully saturated rings. The van der Waals surface area contributed by atoms with Crippen molar-refractivity contribution in [1.29, 1.82) is 0 Å². The molecule has 5 amide bonds. The number of terminal acetylenes is 1. The number of carbonyl (C=O) groups excluding carboxylic acids is 5. The van der Waals surface area contributed by atoms with Gasteiger partial charge < -0.3 is 26.2 Å². The van der Waals surface area contributed by atoms with Gasteiger partial charge in [-0.2, -0.15) is 0 Å². The Kier molecular flexibility index (Phi) is 12.7. The molecule has 0 aromatic carbocycles. The first-order chi connectivity index (χ1) is 25.4. The van der Waals surface area contributed by atoms with E-state index in [4.69, 9.17) is 6.42 Å². The van der Waals surface area contributed by atoms with Gasteiger partial charge in [-0.3, -0.25) is 19.2 Å². The molecule has 12 nitrogen and oxygen atoms in total. The molecule has 0 spiro atoms. The molecule has 7 atom stereocenters. The van der Waals surface area contributed by atoms with E-state index in [2.05, 4.69) is 47.6 Å². The van der Waals surface area contributed by atoms with Gasteiger partial charge in [0.15, 0.2) is 9.84 Å². The van der Waals surface area contributed by atoms with Gasteiger partial charge in [-0.25, -0.2) is 13.2 Å². The fraction of sp³-hybridized carbons (Fsp3) is 0.780. The molecule has 4 saturated carbocycles. The summed E-state index contributed by atoms with van der Waals surface area (Å²) in [6.45, 7) is 13.1. The predicted molar refractivity (Wildman–Crippen MR) is 207 cm³/mol. The molecule has 1 heterocycles. The minimum absolute atomic E-state index is 0.0432. The van der Waals surface area contributed by atoms with E-state index in [-0.39, 0.29) is 54.2 Å². The molecule has 1 saturated heterocycles. The molecule has 5 aliphatic rings. The summed E-state index contributed by atoms with van der Waals surface area (Å²) in [4.78, 5) is 70.8. The Bertz CT molecular complexity index is 1610. The van der Waals surface area contributed by atoms with E-state index >= 15 is 0 Å². The highest BCUT2D eigenvalue weighted by atomic mass is 32.2. The number of likely N-dealkylation sites (tertiary alicyclic amines) is 1. The monoisotopic (exact) mass is 769 g/mol. The molecule has 5 rings (SSSR count). The number of hydrogen-bond acceptors (Lipinski definition) is 7. The highest BCUT2D eigenvalue weighted by Gasteiger charge is 2.70. The minimum Gasteiger partial charge on any atom is -0.346 e. The molecule has 0 bridgehead atoms. The van der Waals surface area contributed by atoms with Crippen LogP contribution in [0.5, 0.6) is 0 Å². The van der Waals surface area contributed by atoms with Crippen LogP contribution in [-0.2, 0) is 29.0 Å². The summed E-state index contributed by atoms with van der Waals surface area (Å²) in [7, 11) is -3.58. The van der Waals surface area contributed by atoms with Crippen molar-refractivity contribution in [3.8, 4) is 12.3 Å². The number of sulfone groups is 1. The van der Waals surface area contributed by atoms with Crippen LogP contribution in [0.15, 0.2) is 12.7 Å². The fourth-order valence-electron chi connectivity index (χ4n) is 10.1. The summed E-state index contributed by atoms with van der Waals surface area (Å²) < 4.78 is 26.0. The number of fused-ring (bicyclic) bond motifs is 2. The van der Waals surface area contributed by atoms with E-state index in [0.717, 1.165) is 57.8 Å². The average molecular weight is 770 g/mol. The van der Waals surface area contributed by atoms with Gasteiger partial charge in [-0.1, -0.05) is 64.9 Å². The fourth-order valence-corrected chi connectivity index (χ4v) is 11.6. The molecule has 1 aliphatic heterocycles. The zero-order valence-electron chi connectivity index (χ0n) is 33.0. The molecule has 4 N–H and O–H groups in total. The highest BCUT2D eigenvalue weighted by Crippen LogP contribution is 2.65. The summed E-state index contributed by atoms with van der Waals surface area (Å²) in [5.74, 6) is 0.404. The maximum Gasteiger partial charge on any atom is 0.315 e. The zero-order valence-corrected chi connectivity index (χ0v) is 33.8. The second-order valence-corrected chi connectivity index (χ2v) is 21.1. The molecule has 54 heavy (non-hydrogen) atoms. The second kappa shape index (κ2) is 16.4. The van der Waals surface area contributed by atoms with Gasteiger partial charge in [0.05, 0.1) is 22.1 Å². The molecule has 4 aliphatic carbocycles. The first-order valence-corrected chi connectivity index (χ1v) is 21.8. The van der Waals surface area contributed by atoms with Gasteiger partial charge in [-0.05, 0) is 87.9 Å². The largest absolute Gasteiger partial charge is 0.346 e. The van der Waals surface area contributed by atoms with E-state index in [1.165, 1.54) is 6.08 Å². The number of nitrogens with one attached hydrogen (secondary N) is 4. The number of piperidine rings is 1. The topological polar surface area (TPSA) is 171 Å². The zero-order chi connectivity index (χ0) is 39.6. The van der Waals surface area contributed by atoms with Crippen molar-refractivity contribution >= 4 is 39.4 Å². The van der Waals surface area contributed by atoms with Crippen molar-refractivity contribution < 1.29 is 32.4 Å². The summed E-state index contributed by atoms with van der Waals surface area (Å²) in [5, 5.41) is 11.4. The van der Waals surface area contributed by atoms with Crippen molar-refractivity contribution in [2.45, 2.75) is 147 Å². The second-order valence-electron chi connectivity index (χ2n) is 18.4. The standard InChI is InChI=1S/C41H63N5O7S/c1-8-10-18-30(34(47)36(49)42-21-9-2)43-35(48)33-31-29(40(31,6)7)24-46(33)37(50)32(28-22-26-16-12-13-17-27(26)23-28)44-38(51)45-41(19-14-11-15-20-41)25-54(52,53)39(3,4)5/h1,9,26-33H,2,10-25H2,3-7H3,(H,42,49)(H,43,48)(H2,44,45,51)/t26?,27?,28?,29-,30?,31?,32-,33-/m0/s1. The quantitative estimate of drug-likeness (QED) is 0.117. The number of ketones is 1. The SMILES string of the molecule is C#CCCC(NC(=O)[C@@H]1C2[C@H](CN1C(=O)[C@@H](NC(=O)NC1(CS(=O)(=O)C(C)(C)C)CCCCC1)C1CC3CCCCC3C1)C2(C)C)C(=O)C(=O)NCC=C. The lowest BCUT2D eigenvalue weighted by molar-refractivity contribution is -0.144. The van der Waals surface area contributed by atoms with Crippen LogP contribution < -0.4 is 21.3 Å². The molecular weight excluding hydrogens is 707 g/mol. The number of hydrogen-bond donors (Lipinski definition) is 4. The van der Waals surface area contributed by atoms with Crippen LogP contribution in [0.3, 0.4) is 0 Å². The van der Waals surface area contributed by atoms with Gasteiger partial charge in [0.25, 0.3) is 5.91 Å². The lowest BCUT2D eigenvalue weighted by atomic mass is 9.82. The van der Waals surface area contributed by atoms with Gasteiger partial charge in [0.1, 0.15) is 12.1 Å². The van der Waals surface area contributed by atoms with E-state index in [1.54, 1.807) is 25.7 Å². The lowest BCUT2D eigenvalue weighted by Crippen LogP contribution is -2.63. The maximum atomic E-state index is 15.0. The van der Waals surface area contributed by atoms with E-state index in [0.29, 0.717) is 31.2 Å². The predicted octanol–water partition coefficient (Wildman–Crippen LogP) is 4.04. The Balaban J connectivity index is 1.41. The summed E-state index contributed by atoms with van der Waals surface area (Å²) >= 11 is 0. The number of rotatable bonds is 14. The van der Waals surface area contributed by atoms with Crippen LogP contribution in [0.4, 0.5) is 4.79 Å². The summed E-state index contributed by atoms with van der Waals surface area (Å²) in [6, 6.07) is -3.57. The number of nitrogens with zero attached hydrogens (tertiary/aromatic N) is 1. The van der Waals surface area contributed by atoms with Crippen LogP contribution in [0.1, 0.15) is 118 Å². The van der Waals surface area contributed by atoms with Crippen molar-refractivity contribution in [1.82, 2.24) is 26.2 Å². The third kappa shape index (κ3) is 8.84. The summed E-state index contributed by atoms with van der Waals surface area (Å²) in [6.07, 6.45) is 16.8. The molecule has 0 aromatic heterocycles. The Labute approximate surface area is 322 Å². The smallest absolute Gasteiger partial charge is 0.315 e. The van der Waals surface area contributed by atoms with Crippen LogP contribution >= 0.6 is 0 Å². The lowest BCUT2D eigenvalue weighted by Gasteiger charge is -2.40. The van der Waals surface area contributed by atoms with Gasteiger partial charge in [0, 0.05) is 19.5 Å². The van der Waals surface area contributed by atoms with E-state index < -0.39 is 61.9 Å². The Hall–Kier alpha value is -3.40. The van der Waals surface area contributed by atoms with Crippen LogP contribution in [0, 0.1) is 47.3 Å². The average Bonchev–Trinajstić information content (AvgIpc) is 3.46. The van der Waals surface area contributed by atoms with Crippen LogP contribution in [0.2, 0.25) is 0 Å². The number of urea groups is 1. The normalized spacial score (nSPS) is 29.3. The molecule has 300 valence electrons. The highest BCUT2D eigenvalue weighted by molar-refractivity contribution is 7.92. The number of carbonyl (C=O) groups is 5. The molecule has 0 radical (unpaired) electrons. The Morgan fingerprint density at radius 2 is 1.61 bits per heavy atom. The Morgan fingerprint density at radius 1 is 0.981 bits per heavy atom. The maximum absolute atomic E-state index is 15.0. The van der Waals surface area contributed by atoms with E-state index in [9.17, 15) is 32.4 Å². The Morgan fingerprint density at radius 3 is 2.19 bits per heavy atom. The third-order valence-electron chi connectivity index (χ3n) is 13.5. The third-order valence-corrected chi connectivity index (χ3v) is 16.3. The van der Waals surface area contributed by atoms with Gasteiger partial charge >= 0.3 is 6.03 Å². The first kappa shape index (κ1) is 41.8. The summed E-state index contributed by atoms with van der Waals surface area (Å²) in [5.41, 5.74) is -1.18. The van der Waals surface area contributed by atoms with Crippen LogP contribution in [-0.4, -0.2) is 90.1 Å². The molecule has 4 unspecified atom stereocenters.